The lowest BCUT2D eigenvalue weighted by atomic mass is 9.79. The predicted molar refractivity (Wildman–Crippen MR) is 80.1 cm³/mol. The van der Waals surface area contributed by atoms with Crippen LogP contribution in [0.5, 0.6) is 0 Å². The summed E-state index contributed by atoms with van der Waals surface area (Å²) in [5.74, 6) is 4.16. The number of hydrogen-bond donors (Lipinski definition) is 2. The number of nitrogen functional groups attached to an aromatic ring is 1. The minimum Gasteiger partial charge on any atom is -0.384 e. The highest BCUT2D eigenvalue weighted by Crippen LogP contribution is 2.31. The molecule has 106 valence electrons. The highest BCUT2D eigenvalue weighted by atomic mass is 15.1. The van der Waals surface area contributed by atoms with Crippen LogP contribution in [0.3, 0.4) is 0 Å². The van der Waals surface area contributed by atoms with Gasteiger partial charge in [-0.2, -0.15) is 0 Å². The summed E-state index contributed by atoms with van der Waals surface area (Å²) in [6.07, 6.45) is 3.71. The van der Waals surface area contributed by atoms with Crippen LogP contribution >= 0.6 is 0 Å². The van der Waals surface area contributed by atoms with E-state index in [2.05, 4.69) is 43.0 Å². The van der Waals surface area contributed by atoms with Crippen molar-refractivity contribution in [3.8, 4) is 0 Å². The molecule has 3 atom stereocenters. The van der Waals surface area contributed by atoms with Crippen LogP contribution in [0.25, 0.3) is 0 Å². The minimum atomic E-state index is 0.300. The molecule has 0 aliphatic heterocycles. The van der Waals surface area contributed by atoms with Gasteiger partial charge in [0.05, 0.1) is 0 Å². The van der Waals surface area contributed by atoms with Gasteiger partial charge in [0.15, 0.2) is 0 Å². The first kappa shape index (κ1) is 14.1. The molecule has 4 nitrogen and oxygen atoms in total. The van der Waals surface area contributed by atoms with Gasteiger partial charge in [0.1, 0.15) is 17.5 Å². The van der Waals surface area contributed by atoms with Gasteiger partial charge in [-0.15, -0.1) is 0 Å². The van der Waals surface area contributed by atoms with Crippen molar-refractivity contribution >= 4 is 11.6 Å². The van der Waals surface area contributed by atoms with E-state index in [0.717, 1.165) is 23.5 Å². The summed E-state index contributed by atoms with van der Waals surface area (Å²) in [7, 11) is 0. The molecule has 0 aromatic carbocycles. The maximum absolute atomic E-state index is 5.86. The molecule has 1 heterocycles. The van der Waals surface area contributed by atoms with Crippen molar-refractivity contribution in [3.05, 3.63) is 11.9 Å². The number of hydrogen-bond acceptors (Lipinski definition) is 4. The molecule has 1 aliphatic carbocycles. The first-order chi connectivity index (χ1) is 8.95. The fraction of sp³-hybridized carbons (Fsp3) is 0.733. The summed E-state index contributed by atoms with van der Waals surface area (Å²) in [5, 5.41) is 3.54. The molecule has 19 heavy (non-hydrogen) atoms. The molecule has 1 fully saturated rings. The van der Waals surface area contributed by atoms with E-state index in [-0.39, 0.29) is 0 Å². The Hall–Kier alpha value is -1.32. The van der Waals surface area contributed by atoms with Crippen LogP contribution in [0.1, 0.15) is 58.7 Å². The van der Waals surface area contributed by atoms with Crippen LogP contribution < -0.4 is 11.1 Å². The van der Waals surface area contributed by atoms with E-state index < -0.39 is 0 Å². The van der Waals surface area contributed by atoms with Gasteiger partial charge in [-0.05, 0) is 31.1 Å². The Kier molecular flexibility index (Phi) is 4.27. The Morgan fingerprint density at radius 2 is 1.95 bits per heavy atom. The second kappa shape index (κ2) is 5.76. The van der Waals surface area contributed by atoms with Crippen molar-refractivity contribution in [2.45, 2.75) is 58.9 Å². The highest BCUT2D eigenvalue weighted by molar-refractivity contribution is 5.45. The molecule has 1 saturated carbocycles. The van der Waals surface area contributed by atoms with E-state index in [9.17, 15) is 0 Å². The second-order valence-corrected chi connectivity index (χ2v) is 6.30. The monoisotopic (exact) mass is 262 g/mol. The van der Waals surface area contributed by atoms with Gasteiger partial charge < -0.3 is 11.1 Å². The van der Waals surface area contributed by atoms with Crippen LogP contribution in [-0.2, 0) is 0 Å². The van der Waals surface area contributed by atoms with Crippen molar-refractivity contribution in [2.24, 2.45) is 11.8 Å². The quantitative estimate of drug-likeness (QED) is 0.876. The molecule has 3 N–H and O–H groups in total. The molecule has 3 unspecified atom stereocenters. The van der Waals surface area contributed by atoms with Gasteiger partial charge in [-0.25, -0.2) is 9.97 Å². The zero-order chi connectivity index (χ0) is 14.0. The number of nitrogens with two attached hydrogens (primary N) is 1. The summed E-state index contributed by atoms with van der Waals surface area (Å²) < 4.78 is 0. The molecule has 0 bridgehead atoms. The Morgan fingerprint density at radius 1 is 1.21 bits per heavy atom. The molecule has 1 aromatic heterocycles. The van der Waals surface area contributed by atoms with Crippen LogP contribution in [0.2, 0.25) is 0 Å². The molecule has 1 aliphatic rings. The number of rotatable bonds is 3. The third-order valence-electron chi connectivity index (χ3n) is 4.23. The van der Waals surface area contributed by atoms with E-state index in [0.29, 0.717) is 17.8 Å². The maximum Gasteiger partial charge on any atom is 0.135 e. The van der Waals surface area contributed by atoms with Crippen LogP contribution in [0.4, 0.5) is 11.6 Å². The number of nitrogens with one attached hydrogen (secondary N) is 1. The Morgan fingerprint density at radius 3 is 2.58 bits per heavy atom. The fourth-order valence-corrected chi connectivity index (χ4v) is 2.71. The Bertz CT molecular complexity index is 430. The lowest BCUT2D eigenvalue weighted by molar-refractivity contribution is 0.260. The molecule has 0 saturated heterocycles. The van der Waals surface area contributed by atoms with E-state index in [1.807, 2.05) is 6.07 Å². The molecule has 4 heteroatoms. The zero-order valence-electron chi connectivity index (χ0n) is 12.5. The molecule has 0 spiro atoms. The molecule has 1 aromatic rings. The van der Waals surface area contributed by atoms with Crippen molar-refractivity contribution in [3.63, 3.8) is 0 Å². The van der Waals surface area contributed by atoms with Crippen LogP contribution in [0.15, 0.2) is 6.07 Å². The molecular formula is C15H26N4. The first-order valence-electron chi connectivity index (χ1n) is 7.36. The van der Waals surface area contributed by atoms with E-state index >= 15 is 0 Å². The van der Waals surface area contributed by atoms with Gasteiger partial charge in [0, 0.05) is 18.0 Å². The van der Waals surface area contributed by atoms with Crippen molar-refractivity contribution in [2.75, 3.05) is 11.1 Å². The van der Waals surface area contributed by atoms with Gasteiger partial charge in [-0.3, -0.25) is 0 Å². The van der Waals surface area contributed by atoms with Crippen LogP contribution in [-0.4, -0.2) is 16.0 Å². The van der Waals surface area contributed by atoms with E-state index in [1.165, 1.54) is 19.3 Å². The summed E-state index contributed by atoms with van der Waals surface area (Å²) in [6, 6.07) is 2.36. The second-order valence-electron chi connectivity index (χ2n) is 6.30. The minimum absolute atomic E-state index is 0.300. The smallest absolute Gasteiger partial charge is 0.135 e. The normalized spacial score (nSPS) is 27.5. The average Bonchev–Trinajstić information content (AvgIpc) is 2.33. The lowest BCUT2D eigenvalue weighted by Gasteiger charge is -2.32. The molecule has 2 rings (SSSR count). The Balaban J connectivity index is 2.07. The van der Waals surface area contributed by atoms with Crippen molar-refractivity contribution in [1.29, 1.82) is 0 Å². The maximum atomic E-state index is 5.86. The zero-order valence-corrected chi connectivity index (χ0v) is 12.5. The van der Waals surface area contributed by atoms with Crippen molar-refractivity contribution in [1.82, 2.24) is 9.97 Å². The summed E-state index contributed by atoms with van der Waals surface area (Å²) in [4.78, 5) is 8.85. The number of anilines is 2. The van der Waals surface area contributed by atoms with E-state index in [4.69, 9.17) is 5.73 Å². The summed E-state index contributed by atoms with van der Waals surface area (Å²) in [6.45, 7) is 8.86. The standard InChI is InChI=1S/C15H26N4/c1-9(2)15-18-13(16)8-14(19-15)17-12-6-5-10(3)11(4)7-12/h8-12H,5-7H2,1-4H3,(H3,16,17,18,19). The largest absolute Gasteiger partial charge is 0.384 e. The predicted octanol–water partition coefficient (Wildman–Crippen LogP) is 3.42. The van der Waals surface area contributed by atoms with Crippen molar-refractivity contribution < 1.29 is 0 Å². The van der Waals surface area contributed by atoms with Gasteiger partial charge >= 0.3 is 0 Å². The molecule has 0 amide bonds. The third-order valence-corrected chi connectivity index (χ3v) is 4.23. The molecular weight excluding hydrogens is 236 g/mol. The first-order valence-corrected chi connectivity index (χ1v) is 7.36. The summed E-state index contributed by atoms with van der Waals surface area (Å²) in [5.41, 5.74) is 5.86. The highest BCUT2D eigenvalue weighted by Gasteiger charge is 2.24. The number of aromatic nitrogens is 2. The van der Waals surface area contributed by atoms with Crippen LogP contribution in [0, 0.1) is 11.8 Å². The Labute approximate surface area is 116 Å². The lowest BCUT2D eigenvalue weighted by Crippen LogP contribution is -2.30. The topological polar surface area (TPSA) is 63.8 Å². The van der Waals surface area contributed by atoms with Gasteiger partial charge in [0.25, 0.3) is 0 Å². The van der Waals surface area contributed by atoms with Gasteiger partial charge in [-0.1, -0.05) is 27.7 Å². The van der Waals surface area contributed by atoms with Gasteiger partial charge in [0.2, 0.25) is 0 Å². The fourth-order valence-electron chi connectivity index (χ4n) is 2.71. The van der Waals surface area contributed by atoms with E-state index in [1.54, 1.807) is 0 Å². The third kappa shape index (κ3) is 3.58. The summed E-state index contributed by atoms with van der Waals surface area (Å²) >= 11 is 0. The SMILES string of the molecule is CC(C)c1nc(N)cc(NC2CCC(C)C(C)C2)n1. The average molecular weight is 262 g/mol. The number of nitrogens with zero attached hydrogens (tertiary/aromatic N) is 2. The molecule has 0 radical (unpaired) electrons.